The van der Waals surface area contributed by atoms with Crippen molar-refractivity contribution >= 4 is 28.3 Å². The standard InChI is InChI=1S/C20H25N5OS/c1-13(2)8-14-9-15-16(11-22-18(15)21-10-14)17-12-27-19(23-17)20(26)25-6-4-24(3)5-7-25/h9-13H,4-8H2,1-3H3,(H,21,22). The van der Waals surface area contributed by atoms with Crippen molar-refractivity contribution in [2.45, 2.75) is 20.3 Å². The summed E-state index contributed by atoms with van der Waals surface area (Å²) in [6.07, 6.45) is 4.87. The molecule has 0 radical (unpaired) electrons. The maximum absolute atomic E-state index is 12.8. The highest BCUT2D eigenvalue weighted by atomic mass is 32.1. The van der Waals surface area contributed by atoms with Crippen LogP contribution in [0, 0.1) is 5.92 Å². The summed E-state index contributed by atoms with van der Waals surface area (Å²) in [5, 5.41) is 3.60. The highest BCUT2D eigenvalue weighted by molar-refractivity contribution is 7.12. The molecule has 1 aliphatic heterocycles. The molecule has 1 aliphatic rings. The number of rotatable bonds is 4. The highest BCUT2D eigenvalue weighted by Gasteiger charge is 2.23. The fraction of sp³-hybridized carbons (Fsp3) is 0.450. The fourth-order valence-corrected chi connectivity index (χ4v) is 4.27. The van der Waals surface area contributed by atoms with Crippen molar-refractivity contribution in [1.29, 1.82) is 0 Å². The van der Waals surface area contributed by atoms with Crippen LogP contribution in [0.5, 0.6) is 0 Å². The first-order valence-electron chi connectivity index (χ1n) is 9.41. The fourth-order valence-electron chi connectivity index (χ4n) is 3.48. The summed E-state index contributed by atoms with van der Waals surface area (Å²) in [5.74, 6) is 0.622. The quantitative estimate of drug-likeness (QED) is 0.751. The van der Waals surface area contributed by atoms with Crippen molar-refractivity contribution in [2.24, 2.45) is 5.92 Å². The molecule has 4 rings (SSSR count). The third-order valence-corrected chi connectivity index (χ3v) is 5.82. The molecular formula is C20H25N5OS. The van der Waals surface area contributed by atoms with E-state index >= 15 is 0 Å². The zero-order valence-corrected chi connectivity index (χ0v) is 16.8. The molecule has 27 heavy (non-hydrogen) atoms. The van der Waals surface area contributed by atoms with Gasteiger partial charge in [0, 0.05) is 54.9 Å². The average molecular weight is 384 g/mol. The molecule has 4 heterocycles. The lowest BCUT2D eigenvalue weighted by Gasteiger charge is -2.31. The minimum absolute atomic E-state index is 0.0396. The summed E-state index contributed by atoms with van der Waals surface area (Å²) < 4.78 is 0. The second-order valence-electron chi connectivity index (χ2n) is 7.67. The topological polar surface area (TPSA) is 65.1 Å². The van der Waals surface area contributed by atoms with E-state index in [1.165, 1.54) is 16.9 Å². The van der Waals surface area contributed by atoms with E-state index in [0.717, 1.165) is 54.9 Å². The van der Waals surface area contributed by atoms with Gasteiger partial charge in [-0.3, -0.25) is 4.79 Å². The van der Waals surface area contributed by atoms with Gasteiger partial charge in [-0.25, -0.2) is 9.97 Å². The molecule has 0 saturated carbocycles. The normalized spacial score (nSPS) is 15.8. The van der Waals surface area contributed by atoms with Crippen LogP contribution in [-0.4, -0.2) is 63.9 Å². The Labute approximate surface area is 163 Å². The Morgan fingerprint density at radius 3 is 2.81 bits per heavy atom. The smallest absolute Gasteiger partial charge is 0.282 e. The maximum atomic E-state index is 12.8. The van der Waals surface area contributed by atoms with Crippen LogP contribution in [0.25, 0.3) is 22.3 Å². The van der Waals surface area contributed by atoms with Gasteiger partial charge in [0.15, 0.2) is 5.01 Å². The summed E-state index contributed by atoms with van der Waals surface area (Å²) in [7, 11) is 2.09. The third kappa shape index (κ3) is 3.75. The Morgan fingerprint density at radius 2 is 2.07 bits per heavy atom. The summed E-state index contributed by atoms with van der Waals surface area (Å²) in [6, 6.07) is 2.19. The number of carbonyl (C=O) groups is 1. The monoisotopic (exact) mass is 383 g/mol. The number of pyridine rings is 1. The van der Waals surface area contributed by atoms with Gasteiger partial charge < -0.3 is 14.8 Å². The van der Waals surface area contributed by atoms with E-state index in [-0.39, 0.29) is 5.91 Å². The maximum Gasteiger partial charge on any atom is 0.282 e. The largest absolute Gasteiger partial charge is 0.345 e. The zero-order chi connectivity index (χ0) is 19.0. The molecular weight excluding hydrogens is 358 g/mol. The van der Waals surface area contributed by atoms with E-state index in [0.29, 0.717) is 10.9 Å². The summed E-state index contributed by atoms with van der Waals surface area (Å²) in [6.45, 7) is 7.77. The first kappa shape index (κ1) is 18.1. The van der Waals surface area contributed by atoms with E-state index < -0.39 is 0 Å². The molecule has 1 fully saturated rings. The molecule has 7 heteroatoms. The number of aromatic nitrogens is 3. The number of piperazine rings is 1. The van der Waals surface area contributed by atoms with Crippen LogP contribution in [0.4, 0.5) is 0 Å². The molecule has 6 nitrogen and oxygen atoms in total. The molecule has 1 saturated heterocycles. The van der Waals surface area contributed by atoms with E-state index in [4.69, 9.17) is 0 Å². The molecule has 0 spiro atoms. The minimum atomic E-state index is 0.0396. The Hall–Kier alpha value is -2.25. The highest BCUT2D eigenvalue weighted by Crippen LogP contribution is 2.30. The Kier molecular flexibility index (Phi) is 4.97. The number of amides is 1. The molecule has 0 unspecified atom stereocenters. The Morgan fingerprint density at radius 1 is 1.30 bits per heavy atom. The van der Waals surface area contributed by atoms with Crippen LogP contribution in [0.1, 0.15) is 29.2 Å². The summed E-state index contributed by atoms with van der Waals surface area (Å²) in [4.78, 5) is 29.3. The second-order valence-corrected chi connectivity index (χ2v) is 8.53. The van der Waals surface area contributed by atoms with Crippen LogP contribution in [-0.2, 0) is 6.42 Å². The molecule has 0 aromatic carbocycles. The van der Waals surface area contributed by atoms with E-state index in [1.54, 1.807) is 0 Å². The van der Waals surface area contributed by atoms with Crippen LogP contribution in [0.3, 0.4) is 0 Å². The van der Waals surface area contributed by atoms with Crippen molar-refractivity contribution in [3.8, 4) is 11.3 Å². The number of hydrogen-bond donors (Lipinski definition) is 1. The lowest BCUT2D eigenvalue weighted by molar-refractivity contribution is 0.0664. The predicted octanol–water partition coefficient (Wildman–Crippen LogP) is 3.27. The predicted molar refractivity (Wildman–Crippen MR) is 109 cm³/mol. The van der Waals surface area contributed by atoms with Crippen molar-refractivity contribution < 1.29 is 4.79 Å². The summed E-state index contributed by atoms with van der Waals surface area (Å²) in [5.41, 5.74) is 3.93. The minimum Gasteiger partial charge on any atom is -0.345 e. The van der Waals surface area contributed by atoms with Gasteiger partial charge in [0.1, 0.15) is 5.65 Å². The van der Waals surface area contributed by atoms with Crippen molar-refractivity contribution in [3.63, 3.8) is 0 Å². The van der Waals surface area contributed by atoms with E-state index in [2.05, 4.69) is 46.8 Å². The lowest BCUT2D eigenvalue weighted by atomic mass is 10.0. The van der Waals surface area contributed by atoms with Crippen molar-refractivity contribution in [3.05, 3.63) is 34.4 Å². The summed E-state index contributed by atoms with van der Waals surface area (Å²) >= 11 is 1.42. The second kappa shape index (κ2) is 7.40. The van der Waals surface area contributed by atoms with E-state index in [1.807, 2.05) is 22.7 Å². The van der Waals surface area contributed by atoms with Crippen molar-refractivity contribution in [2.75, 3.05) is 33.2 Å². The van der Waals surface area contributed by atoms with Gasteiger partial charge in [-0.2, -0.15) is 0 Å². The Balaban J connectivity index is 1.60. The van der Waals surface area contributed by atoms with Crippen LogP contribution in [0.2, 0.25) is 0 Å². The molecule has 0 aliphatic carbocycles. The van der Waals surface area contributed by atoms with Crippen LogP contribution >= 0.6 is 11.3 Å². The third-order valence-electron chi connectivity index (χ3n) is 4.99. The molecule has 3 aromatic rings. The van der Waals surface area contributed by atoms with E-state index in [9.17, 15) is 4.79 Å². The molecule has 1 amide bonds. The average Bonchev–Trinajstić information content (AvgIpc) is 3.27. The zero-order valence-electron chi connectivity index (χ0n) is 16.0. The number of H-pyrrole nitrogens is 1. The van der Waals surface area contributed by atoms with Gasteiger partial charge in [0.25, 0.3) is 5.91 Å². The number of hydrogen-bond acceptors (Lipinski definition) is 5. The number of nitrogens with zero attached hydrogens (tertiary/aromatic N) is 4. The van der Waals surface area contributed by atoms with Gasteiger partial charge >= 0.3 is 0 Å². The molecule has 3 aromatic heterocycles. The SMILES string of the molecule is CC(C)Cc1cnc2[nH]cc(-c3csc(C(=O)N4CCN(C)CC4)n3)c2c1. The molecule has 0 bridgehead atoms. The number of nitrogens with one attached hydrogen (secondary N) is 1. The number of fused-ring (bicyclic) bond motifs is 1. The Bertz CT molecular complexity index is 952. The van der Waals surface area contributed by atoms with Gasteiger partial charge in [-0.15, -0.1) is 11.3 Å². The van der Waals surface area contributed by atoms with Crippen molar-refractivity contribution in [1.82, 2.24) is 24.8 Å². The number of thiazole rings is 1. The molecule has 142 valence electrons. The first-order valence-corrected chi connectivity index (χ1v) is 10.3. The van der Waals surface area contributed by atoms with Crippen LogP contribution < -0.4 is 0 Å². The van der Waals surface area contributed by atoms with Crippen LogP contribution in [0.15, 0.2) is 23.8 Å². The first-order chi connectivity index (χ1) is 13.0. The molecule has 1 N–H and O–H groups in total. The molecule has 0 atom stereocenters. The number of aromatic amines is 1. The number of likely N-dealkylation sites (N-methyl/N-ethyl adjacent to an activating group) is 1. The van der Waals surface area contributed by atoms with Gasteiger partial charge in [-0.1, -0.05) is 13.8 Å². The van der Waals surface area contributed by atoms with Gasteiger partial charge in [0.2, 0.25) is 0 Å². The van der Waals surface area contributed by atoms with Gasteiger partial charge in [0.05, 0.1) is 5.69 Å². The van der Waals surface area contributed by atoms with Gasteiger partial charge in [-0.05, 0) is 31.0 Å². The number of carbonyl (C=O) groups excluding carboxylic acids is 1. The lowest BCUT2D eigenvalue weighted by Crippen LogP contribution is -2.47.